The Labute approximate surface area is 154 Å². The Kier molecular flexibility index (Phi) is 4.31. The lowest BCUT2D eigenvalue weighted by Crippen LogP contribution is -2.62. The molecule has 6 heteroatoms. The Morgan fingerprint density at radius 3 is 2.62 bits per heavy atom. The lowest BCUT2D eigenvalue weighted by atomic mass is 9.71. The number of carbonyl (C=O) groups is 1. The highest BCUT2D eigenvalue weighted by Crippen LogP contribution is 2.48. The average Bonchev–Trinajstić information content (AvgIpc) is 3.17. The molecule has 1 spiro atoms. The van der Waals surface area contributed by atoms with E-state index in [1.54, 1.807) is 0 Å². The van der Waals surface area contributed by atoms with Gasteiger partial charge in [-0.25, -0.2) is 4.98 Å². The van der Waals surface area contributed by atoms with E-state index in [4.69, 9.17) is 0 Å². The second kappa shape index (κ2) is 6.50. The van der Waals surface area contributed by atoms with Crippen molar-refractivity contribution in [2.24, 2.45) is 11.3 Å². The third kappa shape index (κ3) is 3.03. The third-order valence-corrected chi connectivity index (χ3v) is 5.71. The van der Waals surface area contributed by atoms with Crippen LogP contribution in [0.3, 0.4) is 0 Å². The van der Waals surface area contributed by atoms with Gasteiger partial charge in [-0.15, -0.1) is 0 Å². The van der Waals surface area contributed by atoms with Gasteiger partial charge < -0.3 is 4.90 Å². The van der Waals surface area contributed by atoms with Gasteiger partial charge >= 0.3 is 0 Å². The monoisotopic (exact) mass is 353 g/mol. The number of aromatic amines is 1. The van der Waals surface area contributed by atoms with E-state index in [9.17, 15) is 4.79 Å². The van der Waals surface area contributed by atoms with Crippen molar-refractivity contribution in [1.82, 2.24) is 25.0 Å². The number of nitrogens with one attached hydrogen (secondary N) is 1. The largest absolute Gasteiger partial charge is 0.341 e. The molecule has 4 rings (SSSR count). The van der Waals surface area contributed by atoms with Crippen LogP contribution in [-0.2, 0) is 11.3 Å². The molecule has 1 N–H and O–H groups in total. The van der Waals surface area contributed by atoms with E-state index in [-0.39, 0.29) is 23.2 Å². The minimum Gasteiger partial charge on any atom is -0.341 e. The SMILES string of the molecule is Cc1nc(C2CN(Cc3ccccc3)CC23CN(C(=O)C(C)C)C3)n[nH]1. The number of aromatic nitrogens is 3. The number of amides is 1. The van der Waals surface area contributed by atoms with Gasteiger partial charge in [-0.2, -0.15) is 5.10 Å². The molecule has 1 aromatic heterocycles. The molecule has 2 aromatic rings. The first kappa shape index (κ1) is 17.2. The first-order valence-corrected chi connectivity index (χ1v) is 9.41. The lowest BCUT2D eigenvalue weighted by Gasteiger charge is -2.51. The molecule has 6 nitrogen and oxygen atoms in total. The summed E-state index contributed by atoms with van der Waals surface area (Å²) in [5, 5.41) is 7.44. The molecule has 3 heterocycles. The van der Waals surface area contributed by atoms with Gasteiger partial charge in [-0.05, 0) is 12.5 Å². The molecule has 26 heavy (non-hydrogen) atoms. The molecule has 1 atom stereocenters. The normalized spacial score (nSPS) is 22.2. The number of likely N-dealkylation sites (tertiary alicyclic amines) is 2. The highest BCUT2D eigenvalue weighted by atomic mass is 16.2. The number of nitrogens with zero attached hydrogens (tertiary/aromatic N) is 4. The fourth-order valence-electron chi connectivity index (χ4n) is 4.46. The summed E-state index contributed by atoms with van der Waals surface area (Å²) in [6, 6.07) is 10.6. The van der Waals surface area contributed by atoms with Crippen LogP contribution in [0.2, 0.25) is 0 Å². The molecule has 2 fully saturated rings. The molecule has 1 unspecified atom stereocenters. The standard InChI is InChI=1S/C20H27N5O/c1-14(2)19(26)25-12-20(13-25)11-24(9-16-7-5-4-6-8-16)10-17(20)18-21-15(3)22-23-18/h4-8,14,17H,9-13H2,1-3H3,(H,21,22,23). The van der Waals surface area contributed by atoms with Crippen LogP contribution in [0, 0.1) is 18.3 Å². The molecule has 0 aliphatic carbocycles. The van der Waals surface area contributed by atoms with Crippen molar-refractivity contribution in [1.29, 1.82) is 0 Å². The van der Waals surface area contributed by atoms with Crippen LogP contribution in [0.15, 0.2) is 30.3 Å². The molecule has 138 valence electrons. The molecule has 2 aliphatic rings. The number of rotatable bonds is 4. The zero-order valence-corrected chi connectivity index (χ0v) is 15.8. The number of aryl methyl sites for hydroxylation is 1. The zero-order chi connectivity index (χ0) is 18.3. The minimum absolute atomic E-state index is 0.0541. The van der Waals surface area contributed by atoms with E-state index in [0.29, 0.717) is 0 Å². The smallest absolute Gasteiger partial charge is 0.225 e. The van der Waals surface area contributed by atoms with Crippen molar-refractivity contribution < 1.29 is 4.79 Å². The van der Waals surface area contributed by atoms with E-state index in [1.165, 1.54) is 5.56 Å². The summed E-state index contributed by atoms with van der Waals surface area (Å²) >= 11 is 0. The third-order valence-electron chi connectivity index (χ3n) is 5.71. The molecule has 0 bridgehead atoms. The number of carbonyl (C=O) groups excluding carboxylic acids is 1. The maximum Gasteiger partial charge on any atom is 0.225 e. The topological polar surface area (TPSA) is 65.1 Å². The summed E-state index contributed by atoms with van der Waals surface area (Å²) in [4.78, 5) is 21.5. The summed E-state index contributed by atoms with van der Waals surface area (Å²) in [5.74, 6) is 2.33. The Hall–Kier alpha value is -2.21. The van der Waals surface area contributed by atoms with Gasteiger partial charge in [0.2, 0.25) is 5.91 Å². The molecule has 1 aromatic carbocycles. The Morgan fingerprint density at radius 1 is 1.27 bits per heavy atom. The van der Waals surface area contributed by atoms with Gasteiger partial charge in [0.1, 0.15) is 5.82 Å². The molecule has 2 saturated heterocycles. The molecule has 1 amide bonds. The van der Waals surface area contributed by atoms with Crippen molar-refractivity contribution in [3.63, 3.8) is 0 Å². The highest BCUT2D eigenvalue weighted by molar-refractivity contribution is 5.79. The molecular weight excluding hydrogens is 326 g/mol. The maximum atomic E-state index is 12.4. The quantitative estimate of drug-likeness (QED) is 0.915. The Bertz CT molecular complexity index is 779. The van der Waals surface area contributed by atoms with Crippen LogP contribution in [0.1, 0.15) is 37.0 Å². The molecule has 0 radical (unpaired) electrons. The van der Waals surface area contributed by atoms with E-state index < -0.39 is 0 Å². The van der Waals surface area contributed by atoms with Crippen LogP contribution in [0.25, 0.3) is 0 Å². The molecular formula is C20H27N5O. The van der Waals surface area contributed by atoms with Crippen LogP contribution in [-0.4, -0.2) is 57.1 Å². The predicted molar refractivity (Wildman–Crippen MR) is 99.4 cm³/mol. The first-order valence-electron chi connectivity index (χ1n) is 9.41. The van der Waals surface area contributed by atoms with Gasteiger partial charge in [0.25, 0.3) is 0 Å². The zero-order valence-electron chi connectivity index (χ0n) is 15.8. The first-order chi connectivity index (χ1) is 12.5. The van der Waals surface area contributed by atoms with Crippen LogP contribution < -0.4 is 0 Å². The maximum absolute atomic E-state index is 12.4. The summed E-state index contributed by atoms with van der Waals surface area (Å²) in [6.45, 7) is 10.4. The molecule has 0 saturated carbocycles. The number of hydrogen-bond donors (Lipinski definition) is 1. The van der Waals surface area contributed by atoms with E-state index >= 15 is 0 Å². The van der Waals surface area contributed by atoms with Gasteiger partial charge in [-0.1, -0.05) is 44.2 Å². The second-order valence-corrected chi connectivity index (χ2v) is 8.20. The van der Waals surface area contributed by atoms with Gasteiger partial charge in [-0.3, -0.25) is 14.8 Å². The average molecular weight is 353 g/mol. The lowest BCUT2D eigenvalue weighted by molar-refractivity contribution is -0.147. The molecule has 2 aliphatic heterocycles. The van der Waals surface area contributed by atoms with Crippen molar-refractivity contribution >= 4 is 5.91 Å². The summed E-state index contributed by atoms with van der Waals surface area (Å²) in [7, 11) is 0. The van der Waals surface area contributed by atoms with Crippen molar-refractivity contribution in [3.05, 3.63) is 47.5 Å². The number of benzene rings is 1. The van der Waals surface area contributed by atoms with E-state index in [2.05, 4.69) is 50.4 Å². The summed E-state index contributed by atoms with van der Waals surface area (Å²) in [6.07, 6.45) is 0. The van der Waals surface area contributed by atoms with Gasteiger partial charge in [0.15, 0.2) is 5.82 Å². The van der Waals surface area contributed by atoms with E-state index in [0.717, 1.165) is 44.4 Å². The van der Waals surface area contributed by atoms with Crippen molar-refractivity contribution in [2.75, 3.05) is 26.2 Å². The Morgan fingerprint density at radius 2 is 2.00 bits per heavy atom. The minimum atomic E-state index is 0.0541. The van der Waals surface area contributed by atoms with Crippen LogP contribution >= 0.6 is 0 Å². The summed E-state index contributed by atoms with van der Waals surface area (Å²) < 4.78 is 0. The predicted octanol–water partition coefficient (Wildman–Crippen LogP) is 2.20. The second-order valence-electron chi connectivity index (χ2n) is 8.20. The van der Waals surface area contributed by atoms with E-state index in [1.807, 2.05) is 25.7 Å². The number of hydrogen-bond acceptors (Lipinski definition) is 4. The van der Waals surface area contributed by atoms with Gasteiger partial charge in [0.05, 0.1) is 0 Å². The van der Waals surface area contributed by atoms with Crippen LogP contribution in [0.4, 0.5) is 0 Å². The van der Waals surface area contributed by atoms with Gasteiger partial charge in [0, 0.05) is 50.0 Å². The number of H-pyrrole nitrogens is 1. The Balaban J connectivity index is 1.54. The van der Waals surface area contributed by atoms with Crippen LogP contribution in [0.5, 0.6) is 0 Å². The van der Waals surface area contributed by atoms with Crippen molar-refractivity contribution in [3.8, 4) is 0 Å². The van der Waals surface area contributed by atoms with Crippen molar-refractivity contribution in [2.45, 2.75) is 33.2 Å². The fraction of sp³-hybridized carbons (Fsp3) is 0.550. The fourth-order valence-corrected chi connectivity index (χ4v) is 4.46. The highest BCUT2D eigenvalue weighted by Gasteiger charge is 2.57. The summed E-state index contributed by atoms with van der Waals surface area (Å²) in [5.41, 5.74) is 1.40.